The molecule has 0 aliphatic heterocycles. The van der Waals surface area contributed by atoms with Crippen LogP contribution in [0, 0.1) is 5.92 Å². The summed E-state index contributed by atoms with van der Waals surface area (Å²) in [4.78, 5) is 23.9. The Balaban J connectivity index is 2.72. The molecule has 5 nitrogen and oxygen atoms in total. The van der Waals surface area contributed by atoms with Crippen molar-refractivity contribution in [3.8, 4) is 0 Å². The molecule has 0 spiro atoms. The Morgan fingerprint density at radius 2 is 1.91 bits per heavy atom. The van der Waals surface area contributed by atoms with Gasteiger partial charge in [-0.1, -0.05) is 41.9 Å². The van der Waals surface area contributed by atoms with E-state index in [1.54, 1.807) is 6.92 Å². The Hall–Kier alpha value is -1.56. The van der Waals surface area contributed by atoms with E-state index in [2.05, 4.69) is 26.6 Å². The Labute approximate surface area is 139 Å². The summed E-state index contributed by atoms with van der Waals surface area (Å²) >= 11 is 3.41. The first kappa shape index (κ1) is 18.5. The van der Waals surface area contributed by atoms with Gasteiger partial charge in [-0.05, 0) is 37.5 Å². The topological polar surface area (TPSA) is 67.4 Å². The number of hydrogen-bond acceptors (Lipinski definition) is 3. The monoisotopic (exact) mass is 370 g/mol. The fourth-order valence-corrected chi connectivity index (χ4v) is 2.41. The molecule has 0 aliphatic rings. The van der Waals surface area contributed by atoms with Crippen LogP contribution in [-0.2, 0) is 9.53 Å². The quantitative estimate of drug-likeness (QED) is 0.806. The number of nitrogens with one attached hydrogen (secondary N) is 2. The molecule has 0 fully saturated rings. The van der Waals surface area contributed by atoms with Crippen LogP contribution in [0.2, 0.25) is 0 Å². The molecule has 2 atom stereocenters. The standard InChI is InChI=1S/C16H23BrN2O3/c1-5-22-16(21)19-14(10(2)3)15(20)18-11(4)12-7-6-8-13(17)9-12/h6-11,14H,5H2,1-4H3,(H,18,20)(H,19,21). The van der Waals surface area contributed by atoms with Crippen LogP contribution in [0.3, 0.4) is 0 Å². The van der Waals surface area contributed by atoms with Crippen LogP contribution < -0.4 is 10.6 Å². The van der Waals surface area contributed by atoms with Crippen molar-refractivity contribution in [3.05, 3.63) is 34.3 Å². The molecule has 22 heavy (non-hydrogen) atoms. The van der Waals surface area contributed by atoms with Gasteiger partial charge in [-0.3, -0.25) is 4.79 Å². The van der Waals surface area contributed by atoms with Crippen LogP contribution in [0.1, 0.15) is 39.3 Å². The SMILES string of the molecule is CCOC(=O)NC(C(=O)NC(C)c1cccc(Br)c1)C(C)C. The summed E-state index contributed by atoms with van der Waals surface area (Å²) in [6.45, 7) is 7.65. The van der Waals surface area contributed by atoms with E-state index < -0.39 is 12.1 Å². The molecule has 0 aromatic heterocycles. The lowest BCUT2D eigenvalue weighted by Crippen LogP contribution is -2.50. The zero-order valence-electron chi connectivity index (χ0n) is 13.4. The molecule has 2 N–H and O–H groups in total. The minimum atomic E-state index is -0.631. The van der Waals surface area contributed by atoms with Crippen molar-refractivity contribution in [1.82, 2.24) is 10.6 Å². The molecule has 122 valence electrons. The highest BCUT2D eigenvalue weighted by Gasteiger charge is 2.26. The largest absolute Gasteiger partial charge is 0.450 e. The molecule has 0 saturated heterocycles. The van der Waals surface area contributed by atoms with Gasteiger partial charge >= 0.3 is 6.09 Å². The van der Waals surface area contributed by atoms with Gasteiger partial charge in [0, 0.05) is 4.47 Å². The molecular weight excluding hydrogens is 348 g/mol. The second-order valence-electron chi connectivity index (χ2n) is 5.37. The molecule has 0 bridgehead atoms. The first-order chi connectivity index (χ1) is 10.3. The van der Waals surface area contributed by atoms with Gasteiger partial charge in [0.25, 0.3) is 0 Å². The average molecular weight is 371 g/mol. The maximum absolute atomic E-state index is 12.4. The van der Waals surface area contributed by atoms with Crippen LogP contribution in [0.25, 0.3) is 0 Å². The van der Waals surface area contributed by atoms with Crippen molar-refractivity contribution in [3.63, 3.8) is 0 Å². The lowest BCUT2D eigenvalue weighted by Gasteiger charge is -2.24. The Bertz CT molecular complexity index is 520. The number of hydrogen-bond donors (Lipinski definition) is 2. The molecule has 1 rings (SSSR count). The zero-order valence-corrected chi connectivity index (χ0v) is 14.9. The number of benzene rings is 1. The Kier molecular flexibility index (Phi) is 7.38. The van der Waals surface area contributed by atoms with Crippen molar-refractivity contribution in [1.29, 1.82) is 0 Å². The number of alkyl carbamates (subject to hydrolysis) is 1. The number of carbonyl (C=O) groups is 2. The highest BCUT2D eigenvalue weighted by atomic mass is 79.9. The van der Waals surface area contributed by atoms with Crippen molar-refractivity contribution in [2.75, 3.05) is 6.61 Å². The lowest BCUT2D eigenvalue weighted by molar-refractivity contribution is -0.124. The molecule has 0 heterocycles. The molecule has 2 amide bonds. The normalized spacial score (nSPS) is 13.4. The van der Waals surface area contributed by atoms with Gasteiger partial charge in [-0.2, -0.15) is 0 Å². The smallest absolute Gasteiger partial charge is 0.407 e. The predicted octanol–water partition coefficient (Wildman–Crippen LogP) is 3.40. The molecule has 1 aromatic rings. The van der Waals surface area contributed by atoms with Gasteiger partial charge in [0.1, 0.15) is 6.04 Å². The first-order valence-electron chi connectivity index (χ1n) is 7.34. The second-order valence-corrected chi connectivity index (χ2v) is 6.29. The summed E-state index contributed by atoms with van der Waals surface area (Å²) in [5.41, 5.74) is 0.987. The fourth-order valence-electron chi connectivity index (χ4n) is 2.00. The van der Waals surface area contributed by atoms with Crippen LogP contribution >= 0.6 is 15.9 Å². The van der Waals surface area contributed by atoms with Gasteiger partial charge in [-0.15, -0.1) is 0 Å². The van der Waals surface area contributed by atoms with Crippen molar-refractivity contribution in [2.24, 2.45) is 5.92 Å². The van der Waals surface area contributed by atoms with Crippen molar-refractivity contribution in [2.45, 2.75) is 39.8 Å². The molecule has 0 saturated carbocycles. The highest BCUT2D eigenvalue weighted by Crippen LogP contribution is 2.18. The van der Waals surface area contributed by atoms with E-state index in [0.717, 1.165) is 10.0 Å². The third kappa shape index (κ3) is 5.67. The Morgan fingerprint density at radius 1 is 1.23 bits per heavy atom. The van der Waals surface area contributed by atoms with E-state index in [9.17, 15) is 9.59 Å². The fraction of sp³-hybridized carbons (Fsp3) is 0.500. The van der Waals surface area contributed by atoms with E-state index in [4.69, 9.17) is 4.74 Å². The molecule has 0 aliphatic carbocycles. The third-order valence-corrected chi connectivity index (χ3v) is 3.70. The van der Waals surface area contributed by atoms with Gasteiger partial charge in [0.05, 0.1) is 12.6 Å². The minimum absolute atomic E-state index is 0.0425. The lowest BCUT2D eigenvalue weighted by atomic mass is 10.0. The molecule has 2 unspecified atom stereocenters. The molecule has 6 heteroatoms. The number of rotatable bonds is 6. The number of ether oxygens (including phenoxy) is 1. The maximum Gasteiger partial charge on any atom is 0.407 e. The van der Waals surface area contributed by atoms with Crippen LogP contribution in [0.5, 0.6) is 0 Å². The van der Waals surface area contributed by atoms with Crippen molar-refractivity contribution >= 4 is 27.9 Å². The summed E-state index contributed by atoms with van der Waals surface area (Å²) in [6, 6.07) is 6.95. The van der Waals surface area contributed by atoms with Gasteiger partial charge in [-0.25, -0.2) is 4.79 Å². The van der Waals surface area contributed by atoms with Gasteiger partial charge in [0.15, 0.2) is 0 Å². The average Bonchev–Trinajstić information content (AvgIpc) is 2.44. The predicted molar refractivity (Wildman–Crippen MR) is 89.5 cm³/mol. The Morgan fingerprint density at radius 3 is 2.45 bits per heavy atom. The maximum atomic E-state index is 12.4. The summed E-state index contributed by atoms with van der Waals surface area (Å²) in [6.07, 6.45) is -0.577. The van der Waals surface area contributed by atoms with E-state index in [0.29, 0.717) is 0 Å². The molecule has 1 aromatic carbocycles. The van der Waals surface area contributed by atoms with Gasteiger partial charge in [0.2, 0.25) is 5.91 Å². The highest BCUT2D eigenvalue weighted by molar-refractivity contribution is 9.10. The second kappa shape index (κ2) is 8.78. The van der Waals surface area contributed by atoms with Gasteiger partial charge < -0.3 is 15.4 Å². The van der Waals surface area contributed by atoms with Crippen LogP contribution in [0.4, 0.5) is 4.79 Å². The zero-order chi connectivity index (χ0) is 16.7. The van der Waals surface area contributed by atoms with E-state index >= 15 is 0 Å². The number of amides is 2. The van der Waals surface area contributed by atoms with E-state index in [1.165, 1.54) is 0 Å². The first-order valence-corrected chi connectivity index (χ1v) is 8.13. The van der Waals surface area contributed by atoms with E-state index in [1.807, 2.05) is 45.0 Å². The number of halogens is 1. The van der Waals surface area contributed by atoms with Crippen LogP contribution in [-0.4, -0.2) is 24.6 Å². The van der Waals surface area contributed by atoms with E-state index in [-0.39, 0.29) is 24.5 Å². The molecule has 0 radical (unpaired) electrons. The third-order valence-electron chi connectivity index (χ3n) is 3.21. The summed E-state index contributed by atoms with van der Waals surface area (Å²) < 4.78 is 5.80. The summed E-state index contributed by atoms with van der Waals surface area (Å²) in [5.74, 6) is -0.269. The summed E-state index contributed by atoms with van der Waals surface area (Å²) in [5, 5.41) is 5.53. The number of carbonyl (C=O) groups excluding carboxylic acids is 2. The van der Waals surface area contributed by atoms with Crippen molar-refractivity contribution < 1.29 is 14.3 Å². The van der Waals surface area contributed by atoms with Crippen LogP contribution in [0.15, 0.2) is 28.7 Å². The minimum Gasteiger partial charge on any atom is -0.450 e. The molecular formula is C16H23BrN2O3. The summed E-state index contributed by atoms with van der Waals surface area (Å²) in [7, 11) is 0.